The number of ether oxygens (including phenoxy) is 1. The lowest BCUT2D eigenvalue weighted by Gasteiger charge is -2.06. The summed E-state index contributed by atoms with van der Waals surface area (Å²) in [4.78, 5) is 11.0. The van der Waals surface area contributed by atoms with Gasteiger partial charge in [0.1, 0.15) is 6.61 Å². The maximum Gasteiger partial charge on any atom is 0.421 e. The van der Waals surface area contributed by atoms with Gasteiger partial charge in [-0.3, -0.25) is 0 Å². The number of anilines is 1. The number of amides is 1. The van der Waals surface area contributed by atoms with Gasteiger partial charge in [0.2, 0.25) is 0 Å². The number of hydrogen-bond donors (Lipinski definition) is 2. The number of hydrogen-bond acceptors (Lipinski definition) is 5. The van der Waals surface area contributed by atoms with E-state index in [0.717, 1.165) is 0 Å². The summed E-state index contributed by atoms with van der Waals surface area (Å²) in [7, 11) is -3.92. The minimum atomic E-state index is -3.92. The average molecular weight is 256 g/mol. The first kappa shape index (κ1) is 13.0. The highest BCUT2D eigenvalue weighted by Crippen LogP contribution is 2.11. The van der Waals surface area contributed by atoms with E-state index in [-0.39, 0.29) is 11.5 Å². The van der Waals surface area contributed by atoms with E-state index < -0.39 is 16.1 Å². The minimum Gasteiger partial charge on any atom is -0.445 e. The zero-order chi connectivity index (χ0) is 12.9. The largest absolute Gasteiger partial charge is 0.445 e. The van der Waals surface area contributed by atoms with Gasteiger partial charge in [0, 0.05) is 5.69 Å². The molecule has 0 unspecified atom stereocenters. The molecule has 0 aliphatic rings. The van der Waals surface area contributed by atoms with Gasteiger partial charge in [-0.2, -0.15) is 0 Å². The van der Waals surface area contributed by atoms with Gasteiger partial charge in [0.05, 0.1) is 4.90 Å². The minimum absolute atomic E-state index is 0.0664. The van der Waals surface area contributed by atoms with Crippen LogP contribution in [0, 0.1) is 0 Å². The number of nitrogen functional groups attached to an aromatic ring is 1. The highest BCUT2D eigenvalue weighted by molar-refractivity contribution is 7.90. The highest BCUT2D eigenvalue weighted by atomic mass is 32.2. The molecule has 0 saturated carbocycles. The molecule has 0 fully saturated rings. The molecule has 0 atom stereocenters. The third kappa shape index (κ3) is 3.80. The van der Waals surface area contributed by atoms with E-state index >= 15 is 0 Å². The van der Waals surface area contributed by atoms with Gasteiger partial charge < -0.3 is 10.5 Å². The fourth-order valence-electron chi connectivity index (χ4n) is 0.980. The number of nitrogens with one attached hydrogen (secondary N) is 1. The molecule has 0 heterocycles. The molecule has 17 heavy (non-hydrogen) atoms. The maximum absolute atomic E-state index is 11.6. The van der Waals surface area contributed by atoms with Crippen molar-refractivity contribution in [2.45, 2.75) is 4.90 Å². The van der Waals surface area contributed by atoms with Crippen LogP contribution in [0.5, 0.6) is 0 Å². The van der Waals surface area contributed by atoms with Crippen LogP contribution in [0.3, 0.4) is 0 Å². The summed E-state index contributed by atoms with van der Waals surface area (Å²) in [5.74, 6) is 0. The molecule has 1 amide bonds. The molecule has 0 spiro atoms. The van der Waals surface area contributed by atoms with Crippen molar-refractivity contribution >= 4 is 21.8 Å². The zero-order valence-electron chi connectivity index (χ0n) is 8.92. The Morgan fingerprint density at radius 2 is 2.00 bits per heavy atom. The van der Waals surface area contributed by atoms with Crippen molar-refractivity contribution in [2.24, 2.45) is 0 Å². The van der Waals surface area contributed by atoms with Crippen LogP contribution in [0.4, 0.5) is 10.5 Å². The Morgan fingerprint density at radius 3 is 2.53 bits per heavy atom. The first-order valence-electron chi connectivity index (χ1n) is 4.62. The molecule has 0 radical (unpaired) electrons. The van der Waals surface area contributed by atoms with Crippen molar-refractivity contribution < 1.29 is 17.9 Å². The molecule has 0 saturated heterocycles. The molecule has 6 nitrogen and oxygen atoms in total. The third-order valence-corrected chi connectivity index (χ3v) is 3.07. The Morgan fingerprint density at radius 1 is 1.41 bits per heavy atom. The van der Waals surface area contributed by atoms with Crippen LogP contribution in [0.25, 0.3) is 0 Å². The molecule has 3 N–H and O–H groups in total. The summed E-state index contributed by atoms with van der Waals surface area (Å²) in [6, 6.07) is 5.42. The molecule has 7 heteroatoms. The number of sulfonamides is 1. The molecule has 0 bridgehead atoms. The van der Waals surface area contributed by atoms with Gasteiger partial charge in [-0.1, -0.05) is 12.7 Å². The van der Waals surface area contributed by atoms with Crippen LogP contribution in [-0.4, -0.2) is 21.1 Å². The maximum atomic E-state index is 11.6. The van der Waals surface area contributed by atoms with Crippen LogP contribution < -0.4 is 10.5 Å². The smallest absolute Gasteiger partial charge is 0.421 e. The monoisotopic (exact) mass is 256 g/mol. The van der Waals surface area contributed by atoms with Crippen molar-refractivity contribution in [2.75, 3.05) is 12.3 Å². The molecule has 0 aromatic heterocycles. The van der Waals surface area contributed by atoms with Crippen LogP contribution in [0.2, 0.25) is 0 Å². The fraction of sp³-hybridized carbons (Fsp3) is 0.100. The molecular weight excluding hydrogens is 244 g/mol. The molecule has 0 aliphatic carbocycles. The number of benzene rings is 1. The van der Waals surface area contributed by atoms with Crippen LogP contribution in [0.15, 0.2) is 41.8 Å². The van der Waals surface area contributed by atoms with Crippen molar-refractivity contribution in [1.29, 1.82) is 0 Å². The SMILES string of the molecule is C=CCOC(=O)NS(=O)(=O)c1ccc(N)cc1. The van der Waals surface area contributed by atoms with Crippen molar-refractivity contribution in [3.05, 3.63) is 36.9 Å². The van der Waals surface area contributed by atoms with Gasteiger partial charge >= 0.3 is 6.09 Å². The van der Waals surface area contributed by atoms with E-state index in [4.69, 9.17) is 5.73 Å². The first-order valence-corrected chi connectivity index (χ1v) is 6.10. The summed E-state index contributed by atoms with van der Waals surface area (Å²) >= 11 is 0. The van der Waals surface area contributed by atoms with Crippen molar-refractivity contribution in [3.8, 4) is 0 Å². The summed E-state index contributed by atoms with van der Waals surface area (Å²) in [6.07, 6.45) is 0.275. The van der Waals surface area contributed by atoms with E-state index in [1.807, 2.05) is 0 Å². The lowest BCUT2D eigenvalue weighted by molar-refractivity contribution is 0.165. The van der Waals surface area contributed by atoms with E-state index in [2.05, 4.69) is 11.3 Å². The van der Waals surface area contributed by atoms with E-state index in [0.29, 0.717) is 5.69 Å². The Kier molecular flexibility index (Phi) is 4.11. The molecule has 1 aromatic carbocycles. The van der Waals surface area contributed by atoms with E-state index in [1.54, 1.807) is 4.72 Å². The van der Waals surface area contributed by atoms with Crippen LogP contribution in [0.1, 0.15) is 0 Å². The second kappa shape index (κ2) is 5.35. The summed E-state index contributed by atoms with van der Waals surface area (Å²) < 4.78 is 29.5. The predicted octanol–water partition coefficient (Wildman–Crippen LogP) is 0.870. The summed E-state index contributed by atoms with van der Waals surface area (Å²) in [5.41, 5.74) is 5.85. The Labute approximate surface area is 99.1 Å². The number of rotatable bonds is 4. The quantitative estimate of drug-likeness (QED) is 0.615. The van der Waals surface area contributed by atoms with Crippen molar-refractivity contribution in [1.82, 2.24) is 4.72 Å². The van der Waals surface area contributed by atoms with Crippen LogP contribution >= 0.6 is 0 Å². The van der Waals surface area contributed by atoms with Gasteiger partial charge in [0.25, 0.3) is 10.0 Å². The summed E-state index contributed by atoms with van der Waals surface area (Å²) in [6.45, 7) is 3.26. The second-order valence-electron chi connectivity index (χ2n) is 3.06. The average Bonchev–Trinajstić information content (AvgIpc) is 2.26. The first-order chi connectivity index (χ1) is 7.95. The number of carbonyl (C=O) groups excluding carboxylic acids is 1. The molecular formula is C10H12N2O4S. The molecule has 92 valence electrons. The second-order valence-corrected chi connectivity index (χ2v) is 4.74. The Bertz CT molecular complexity index is 508. The molecule has 1 aromatic rings. The van der Waals surface area contributed by atoms with Gasteiger partial charge in [-0.25, -0.2) is 17.9 Å². The van der Waals surface area contributed by atoms with Crippen LogP contribution in [-0.2, 0) is 14.8 Å². The predicted molar refractivity (Wildman–Crippen MR) is 62.7 cm³/mol. The fourth-order valence-corrected chi connectivity index (χ4v) is 1.87. The Balaban J connectivity index is 2.78. The van der Waals surface area contributed by atoms with E-state index in [9.17, 15) is 13.2 Å². The van der Waals surface area contributed by atoms with Gasteiger partial charge in [-0.05, 0) is 24.3 Å². The van der Waals surface area contributed by atoms with Gasteiger partial charge in [0.15, 0.2) is 0 Å². The molecule has 1 rings (SSSR count). The third-order valence-electron chi connectivity index (χ3n) is 1.74. The van der Waals surface area contributed by atoms with Gasteiger partial charge in [-0.15, -0.1) is 0 Å². The Hall–Kier alpha value is -2.02. The lowest BCUT2D eigenvalue weighted by atomic mass is 10.3. The van der Waals surface area contributed by atoms with E-state index in [1.165, 1.54) is 30.3 Å². The lowest BCUT2D eigenvalue weighted by Crippen LogP contribution is -2.31. The normalized spacial score (nSPS) is 10.6. The van der Waals surface area contributed by atoms with Crippen molar-refractivity contribution in [3.63, 3.8) is 0 Å². The topological polar surface area (TPSA) is 98.5 Å². The zero-order valence-corrected chi connectivity index (χ0v) is 9.74. The number of nitrogens with two attached hydrogens (primary N) is 1. The number of carbonyl (C=O) groups is 1. The molecule has 0 aliphatic heterocycles. The standard InChI is InChI=1S/C10H12N2O4S/c1-2-7-16-10(13)12-17(14,15)9-5-3-8(11)4-6-9/h2-6H,1,7,11H2,(H,12,13). The highest BCUT2D eigenvalue weighted by Gasteiger charge is 2.17. The summed E-state index contributed by atoms with van der Waals surface area (Å²) in [5, 5.41) is 0.